The maximum absolute atomic E-state index is 5.97. The average molecular weight is 403 g/mol. The zero-order chi connectivity index (χ0) is 14.2. The third kappa shape index (κ3) is 5.73. The quantitative estimate of drug-likeness (QED) is 0.330. The van der Waals surface area contributed by atoms with Crippen molar-refractivity contribution in [3.8, 4) is 5.75 Å². The molecule has 0 amide bonds. The van der Waals surface area contributed by atoms with E-state index in [4.69, 9.17) is 10.5 Å². The van der Waals surface area contributed by atoms with Crippen molar-refractivity contribution in [1.29, 1.82) is 0 Å². The summed E-state index contributed by atoms with van der Waals surface area (Å²) >= 11 is 0. The Morgan fingerprint density at radius 3 is 2.95 bits per heavy atom. The van der Waals surface area contributed by atoms with E-state index in [9.17, 15) is 0 Å². The highest BCUT2D eigenvalue weighted by Crippen LogP contribution is 2.31. The first kappa shape index (κ1) is 18.1. The van der Waals surface area contributed by atoms with Crippen LogP contribution in [0.1, 0.15) is 50.6 Å². The van der Waals surface area contributed by atoms with Crippen LogP contribution in [0, 0.1) is 0 Å². The Hall–Kier alpha value is -0.980. The predicted molar refractivity (Wildman–Crippen MR) is 98.5 cm³/mol. The van der Waals surface area contributed by atoms with Crippen LogP contribution in [0.2, 0.25) is 0 Å². The number of ether oxygens (including phenoxy) is 1. The van der Waals surface area contributed by atoms with Gasteiger partial charge in [-0.05, 0) is 12.5 Å². The third-order valence-electron chi connectivity index (χ3n) is 3.57. The van der Waals surface area contributed by atoms with Gasteiger partial charge in [-0.1, -0.05) is 44.4 Å². The third-order valence-corrected chi connectivity index (χ3v) is 3.57. The number of hydrogen-bond donors (Lipinski definition) is 2. The molecular weight excluding hydrogens is 377 g/mol. The molecule has 0 bridgehead atoms. The Bertz CT molecular complexity index is 451. The molecule has 5 heteroatoms. The number of nitrogens with one attached hydrogen (secondary N) is 1. The van der Waals surface area contributed by atoms with Crippen LogP contribution in [-0.2, 0) is 0 Å². The Morgan fingerprint density at radius 2 is 2.14 bits per heavy atom. The Labute approximate surface area is 144 Å². The van der Waals surface area contributed by atoms with Gasteiger partial charge in [0.05, 0.1) is 12.6 Å². The van der Waals surface area contributed by atoms with Gasteiger partial charge in [0, 0.05) is 18.5 Å². The SMILES string of the molecule is CCCCCCN=C(N)NC1CCOc2ccccc21.I. The molecule has 0 radical (unpaired) electrons. The zero-order valence-electron chi connectivity index (χ0n) is 12.7. The second kappa shape index (κ2) is 9.87. The molecule has 1 heterocycles. The summed E-state index contributed by atoms with van der Waals surface area (Å²) in [5.41, 5.74) is 7.14. The summed E-state index contributed by atoms with van der Waals surface area (Å²) in [4.78, 5) is 4.41. The molecule has 1 atom stereocenters. The van der Waals surface area contributed by atoms with Crippen LogP contribution in [0.15, 0.2) is 29.3 Å². The van der Waals surface area contributed by atoms with Crippen molar-refractivity contribution in [2.45, 2.75) is 45.1 Å². The van der Waals surface area contributed by atoms with Gasteiger partial charge < -0.3 is 15.8 Å². The Balaban J connectivity index is 0.00000220. The Morgan fingerprint density at radius 1 is 1.33 bits per heavy atom. The molecule has 1 aromatic rings. The van der Waals surface area contributed by atoms with Crippen molar-refractivity contribution in [3.05, 3.63) is 29.8 Å². The van der Waals surface area contributed by atoms with Gasteiger partial charge in [0.2, 0.25) is 0 Å². The molecule has 1 aromatic carbocycles. The summed E-state index contributed by atoms with van der Waals surface area (Å²) in [6.45, 7) is 3.74. The van der Waals surface area contributed by atoms with E-state index < -0.39 is 0 Å². The van der Waals surface area contributed by atoms with E-state index in [1.807, 2.05) is 18.2 Å². The summed E-state index contributed by atoms with van der Waals surface area (Å²) in [6, 6.07) is 8.31. The number of unbranched alkanes of at least 4 members (excludes halogenated alkanes) is 3. The minimum atomic E-state index is 0. The van der Waals surface area contributed by atoms with Crippen LogP contribution < -0.4 is 15.8 Å². The van der Waals surface area contributed by atoms with Gasteiger partial charge in [0.1, 0.15) is 5.75 Å². The molecule has 0 spiro atoms. The highest BCUT2D eigenvalue weighted by atomic mass is 127. The number of guanidine groups is 1. The summed E-state index contributed by atoms with van der Waals surface area (Å²) in [5.74, 6) is 1.50. The lowest BCUT2D eigenvalue weighted by Crippen LogP contribution is -2.37. The number of rotatable bonds is 6. The van der Waals surface area contributed by atoms with Gasteiger partial charge in [-0.2, -0.15) is 0 Å². The van der Waals surface area contributed by atoms with E-state index in [1.165, 1.54) is 24.8 Å². The van der Waals surface area contributed by atoms with Crippen LogP contribution in [0.5, 0.6) is 5.75 Å². The lowest BCUT2D eigenvalue weighted by molar-refractivity contribution is 0.262. The van der Waals surface area contributed by atoms with Crippen molar-refractivity contribution in [1.82, 2.24) is 5.32 Å². The second-order valence-corrected chi connectivity index (χ2v) is 5.20. The van der Waals surface area contributed by atoms with E-state index in [-0.39, 0.29) is 30.0 Å². The van der Waals surface area contributed by atoms with Gasteiger partial charge in [-0.3, -0.25) is 4.99 Å². The molecule has 1 unspecified atom stereocenters. The normalized spacial score (nSPS) is 17.4. The first-order chi connectivity index (χ1) is 9.81. The topological polar surface area (TPSA) is 59.6 Å². The molecule has 0 saturated heterocycles. The molecule has 4 nitrogen and oxygen atoms in total. The number of nitrogens with two attached hydrogens (primary N) is 1. The van der Waals surface area contributed by atoms with Crippen LogP contribution in [-0.4, -0.2) is 19.1 Å². The maximum atomic E-state index is 5.97. The standard InChI is InChI=1S/C16H25N3O.HI/c1-2-3-4-7-11-18-16(17)19-14-10-12-20-15-9-6-5-8-13(14)15;/h5-6,8-9,14H,2-4,7,10-12H2,1H3,(H3,17,18,19);1H. The minimum Gasteiger partial charge on any atom is -0.493 e. The number of para-hydroxylation sites is 1. The molecule has 1 aliphatic rings. The monoisotopic (exact) mass is 403 g/mol. The fourth-order valence-electron chi connectivity index (χ4n) is 2.45. The number of aliphatic imine (C=N–C) groups is 1. The van der Waals surface area contributed by atoms with Crippen molar-refractivity contribution >= 4 is 29.9 Å². The summed E-state index contributed by atoms with van der Waals surface area (Å²) in [5, 5.41) is 3.31. The van der Waals surface area contributed by atoms with Gasteiger partial charge in [0.15, 0.2) is 5.96 Å². The van der Waals surface area contributed by atoms with Crippen molar-refractivity contribution in [2.75, 3.05) is 13.2 Å². The van der Waals surface area contributed by atoms with E-state index >= 15 is 0 Å². The van der Waals surface area contributed by atoms with Crippen LogP contribution in [0.3, 0.4) is 0 Å². The second-order valence-electron chi connectivity index (χ2n) is 5.20. The number of fused-ring (bicyclic) bond motifs is 1. The van der Waals surface area contributed by atoms with Crippen molar-refractivity contribution < 1.29 is 4.74 Å². The van der Waals surface area contributed by atoms with Crippen LogP contribution >= 0.6 is 24.0 Å². The van der Waals surface area contributed by atoms with E-state index in [0.717, 1.165) is 31.7 Å². The number of halogens is 1. The molecule has 21 heavy (non-hydrogen) atoms. The van der Waals surface area contributed by atoms with Crippen LogP contribution in [0.25, 0.3) is 0 Å². The summed E-state index contributed by atoms with van der Waals surface area (Å²) in [7, 11) is 0. The molecule has 0 aliphatic carbocycles. The Kier molecular flexibility index (Phi) is 8.49. The molecule has 1 aliphatic heterocycles. The molecule has 0 saturated carbocycles. The van der Waals surface area contributed by atoms with Crippen molar-refractivity contribution in [2.24, 2.45) is 10.7 Å². The number of benzene rings is 1. The first-order valence-electron chi connectivity index (χ1n) is 7.59. The fourth-order valence-corrected chi connectivity index (χ4v) is 2.45. The number of hydrogen-bond acceptors (Lipinski definition) is 2. The van der Waals surface area contributed by atoms with Crippen LogP contribution in [0.4, 0.5) is 0 Å². The smallest absolute Gasteiger partial charge is 0.189 e. The lowest BCUT2D eigenvalue weighted by Gasteiger charge is -2.26. The van der Waals surface area contributed by atoms with E-state index in [1.54, 1.807) is 0 Å². The van der Waals surface area contributed by atoms with Crippen molar-refractivity contribution in [3.63, 3.8) is 0 Å². The molecule has 2 rings (SSSR count). The molecule has 3 N–H and O–H groups in total. The van der Waals surface area contributed by atoms with E-state index in [2.05, 4.69) is 23.3 Å². The molecule has 0 fully saturated rings. The van der Waals surface area contributed by atoms with Gasteiger partial charge in [0.25, 0.3) is 0 Å². The largest absolute Gasteiger partial charge is 0.493 e. The molecule has 118 valence electrons. The van der Waals surface area contributed by atoms with Gasteiger partial charge in [-0.15, -0.1) is 24.0 Å². The van der Waals surface area contributed by atoms with Gasteiger partial charge >= 0.3 is 0 Å². The minimum absolute atomic E-state index is 0. The highest BCUT2D eigenvalue weighted by Gasteiger charge is 2.20. The lowest BCUT2D eigenvalue weighted by atomic mass is 10.0. The maximum Gasteiger partial charge on any atom is 0.189 e. The summed E-state index contributed by atoms with van der Waals surface area (Å²) < 4.78 is 5.64. The first-order valence-corrected chi connectivity index (χ1v) is 7.59. The highest BCUT2D eigenvalue weighted by molar-refractivity contribution is 14.0. The zero-order valence-corrected chi connectivity index (χ0v) is 15.0. The van der Waals surface area contributed by atoms with Gasteiger partial charge in [-0.25, -0.2) is 0 Å². The predicted octanol–water partition coefficient (Wildman–Crippen LogP) is 3.61. The average Bonchev–Trinajstić information content (AvgIpc) is 2.47. The fraction of sp³-hybridized carbons (Fsp3) is 0.562. The number of nitrogens with zero attached hydrogens (tertiary/aromatic N) is 1. The summed E-state index contributed by atoms with van der Waals surface area (Å²) in [6.07, 6.45) is 5.78. The molecular formula is C16H26IN3O. The molecule has 0 aromatic heterocycles. The van der Waals surface area contributed by atoms with E-state index in [0.29, 0.717) is 5.96 Å².